The predicted octanol–water partition coefficient (Wildman–Crippen LogP) is -0.510. The number of nitrogens with two attached hydrogens (primary N) is 1. The molecule has 4 N–H and O–H groups in total. The van der Waals surface area contributed by atoms with Crippen LogP contribution in [0.2, 0.25) is 0 Å². The Morgan fingerprint density at radius 3 is 2.43 bits per heavy atom. The number of likely N-dealkylation sites (tertiary alicyclic amines) is 1. The van der Waals surface area contributed by atoms with Gasteiger partial charge in [-0.15, -0.1) is 0 Å². The SMILES string of the molecule is NC[C@]1(F)C[C@@H](C(=O)O)N(C(=O)O)C1. The lowest BCUT2D eigenvalue weighted by Gasteiger charge is -2.17. The summed E-state index contributed by atoms with van der Waals surface area (Å²) in [6, 6.07) is -1.33. The van der Waals surface area contributed by atoms with E-state index in [2.05, 4.69) is 0 Å². The van der Waals surface area contributed by atoms with Crippen LogP contribution in [0.1, 0.15) is 6.42 Å². The van der Waals surface area contributed by atoms with Crippen LogP contribution in [0.25, 0.3) is 0 Å². The van der Waals surface area contributed by atoms with Crippen LogP contribution in [0.15, 0.2) is 0 Å². The molecule has 0 aliphatic carbocycles. The number of nitrogens with zero attached hydrogens (tertiary/aromatic N) is 1. The standard InChI is InChI=1S/C7H11FN2O4/c8-7(2-9)1-4(5(11)12)10(3-7)6(13)14/h4H,1-3,9H2,(H,11,12)(H,13,14)/t4-,7+/m0/s1. The summed E-state index contributed by atoms with van der Waals surface area (Å²) in [4.78, 5) is 21.7. The van der Waals surface area contributed by atoms with Gasteiger partial charge in [0.15, 0.2) is 0 Å². The zero-order chi connectivity index (χ0) is 10.9. The van der Waals surface area contributed by atoms with Gasteiger partial charge in [0.05, 0.1) is 6.54 Å². The van der Waals surface area contributed by atoms with Gasteiger partial charge >= 0.3 is 12.1 Å². The lowest BCUT2D eigenvalue weighted by Crippen LogP contribution is -2.40. The van der Waals surface area contributed by atoms with Crippen molar-refractivity contribution in [3.05, 3.63) is 0 Å². The second-order valence-electron chi connectivity index (χ2n) is 3.32. The van der Waals surface area contributed by atoms with E-state index in [-0.39, 0.29) is 13.0 Å². The Balaban J connectivity index is 2.85. The number of rotatable bonds is 2. The van der Waals surface area contributed by atoms with Gasteiger partial charge in [-0.1, -0.05) is 0 Å². The van der Waals surface area contributed by atoms with E-state index in [0.29, 0.717) is 4.90 Å². The molecule has 0 aromatic rings. The molecule has 1 amide bonds. The van der Waals surface area contributed by atoms with Gasteiger partial charge in [-0.2, -0.15) is 0 Å². The lowest BCUT2D eigenvalue weighted by atomic mass is 10.0. The molecule has 1 aliphatic rings. The first kappa shape index (κ1) is 10.7. The largest absolute Gasteiger partial charge is 0.480 e. The Kier molecular flexibility index (Phi) is 2.61. The molecule has 80 valence electrons. The average molecular weight is 206 g/mol. The van der Waals surface area contributed by atoms with Crippen LogP contribution in [0.4, 0.5) is 9.18 Å². The topological polar surface area (TPSA) is 104 Å². The zero-order valence-electron chi connectivity index (χ0n) is 7.31. The van der Waals surface area contributed by atoms with Crippen molar-refractivity contribution >= 4 is 12.1 Å². The molecule has 0 unspecified atom stereocenters. The third-order valence-corrected chi connectivity index (χ3v) is 2.29. The summed E-state index contributed by atoms with van der Waals surface area (Å²) in [7, 11) is 0. The van der Waals surface area contributed by atoms with E-state index in [1.807, 2.05) is 0 Å². The summed E-state index contributed by atoms with van der Waals surface area (Å²) in [5, 5.41) is 17.3. The lowest BCUT2D eigenvalue weighted by molar-refractivity contribution is -0.141. The maximum atomic E-state index is 13.6. The summed E-state index contributed by atoms with van der Waals surface area (Å²) in [6.45, 7) is -0.851. The fraction of sp³-hybridized carbons (Fsp3) is 0.714. The van der Waals surface area contributed by atoms with Crippen LogP contribution >= 0.6 is 0 Å². The van der Waals surface area contributed by atoms with E-state index in [0.717, 1.165) is 0 Å². The Morgan fingerprint density at radius 2 is 2.14 bits per heavy atom. The average Bonchev–Trinajstić information content (AvgIpc) is 2.45. The summed E-state index contributed by atoms with van der Waals surface area (Å²) in [6.07, 6.45) is -1.82. The molecule has 2 atom stereocenters. The van der Waals surface area contributed by atoms with Crippen molar-refractivity contribution in [3.8, 4) is 0 Å². The van der Waals surface area contributed by atoms with Crippen LogP contribution < -0.4 is 5.73 Å². The summed E-state index contributed by atoms with van der Waals surface area (Å²) >= 11 is 0. The first-order chi connectivity index (χ1) is 6.39. The number of amides is 1. The monoisotopic (exact) mass is 206 g/mol. The second kappa shape index (κ2) is 3.41. The molecule has 0 saturated carbocycles. The molecular weight excluding hydrogens is 195 g/mol. The van der Waals surface area contributed by atoms with Crippen molar-refractivity contribution in [3.63, 3.8) is 0 Å². The highest BCUT2D eigenvalue weighted by atomic mass is 19.1. The molecule has 1 rings (SSSR count). The molecule has 14 heavy (non-hydrogen) atoms. The molecule has 0 radical (unpaired) electrons. The van der Waals surface area contributed by atoms with Crippen molar-refractivity contribution in [2.45, 2.75) is 18.1 Å². The first-order valence-electron chi connectivity index (χ1n) is 4.01. The molecule has 0 aromatic carbocycles. The molecule has 0 spiro atoms. The quantitative estimate of drug-likeness (QED) is 0.564. The van der Waals surface area contributed by atoms with Crippen LogP contribution in [0, 0.1) is 0 Å². The molecule has 0 bridgehead atoms. The highest BCUT2D eigenvalue weighted by Crippen LogP contribution is 2.29. The number of carboxylic acids is 1. The van der Waals surface area contributed by atoms with Gasteiger partial charge in [0.2, 0.25) is 0 Å². The zero-order valence-corrected chi connectivity index (χ0v) is 7.31. The van der Waals surface area contributed by atoms with Gasteiger partial charge < -0.3 is 15.9 Å². The molecule has 1 saturated heterocycles. The summed E-state index contributed by atoms with van der Waals surface area (Å²) in [5.74, 6) is -1.35. The number of carboxylic acid groups (broad SMARTS) is 2. The molecule has 1 heterocycles. The van der Waals surface area contributed by atoms with Crippen LogP contribution in [0.5, 0.6) is 0 Å². The van der Waals surface area contributed by atoms with Gasteiger partial charge in [0.25, 0.3) is 0 Å². The highest BCUT2D eigenvalue weighted by molar-refractivity contribution is 5.80. The highest BCUT2D eigenvalue weighted by Gasteiger charge is 2.48. The second-order valence-corrected chi connectivity index (χ2v) is 3.32. The van der Waals surface area contributed by atoms with Crippen LogP contribution in [-0.2, 0) is 4.79 Å². The van der Waals surface area contributed by atoms with Gasteiger partial charge in [0, 0.05) is 13.0 Å². The van der Waals surface area contributed by atoms with Crippen LogP contribution in [-0.4, -0.2) is 52.0 Å². The van der Waals surface area contributed by atoms with E-state index in [1.54, 1.807) is 0 Å². The Labute approximate surface area is 79.1 Å². The van der Waals surface area contributed by atoms with Gasteiger partial charge in [0.1, 0.15) is 11.7 Å². The van der Waals surface area contributed by atoms with E-state index in [4.69, 9.17) is 15.9 Å². The molecule has 7 heteroatoms. The number of alkyl halides is 1. The predicted molar refractivity (Wildman–Crippen MR) is 43.7 cm³/mol. The normalized spacial score (nSPS) is 31.9. The van der Waals surface area contributed by atoms with E-state index in [9.17, 15) is 14.0 Å². The third kappa shape index (κ3) is 1.77. The Bertz CT molecular complexity index is 248. The Hall–Kier alpha value is -1.37. The molecule has 0 aromatic heterocycles. The number of aliphatic carboxylic acids is 1. The number of carbonyl (C=O) groups is 2. The minimum absolute atomic E-state index is 0.374. The van der Waals surface area contributed by atoms with Crippen LogP contribution in [0.3, 0.4) is 0 Å². The van der Waals surface area contributed by atoms with E-state index < -0.39 is 30.3 Å². The van der Waals surface area contributed by atoms with Crippen molar-refractivity contribution in [2.24, 2.45) is 5.73 Å². The Morgan fingerprint density at radius 1 is 1.57 bits per heavy atom. The van der Waals surface area contributed by atoms with E-state index >= 15 is 0 Å². The van der Waals surface area contributed by atoms with Crippen molar-refractivity contribution in [1.82, 2.24) is 4.90 Å². The molecule has 1 aliphatic heterocycles. The maximum absolute atomic E-state index is 13.6. The number of hydrogen-bond acceptors (Lipinski definition) is 3. The molecule has 1 fully saturated rings. The van der Waals surface area contributed by atoms with Gasteiger partial charge in [-0.05, 0) is 0 Å². The fourth-order valence-electron chi connectivity index (χ4n) is 1.51. The first-order valence-corrected chi connectivity index (χ1v) is 4.01. The van der Waals surface area contributed by atoms with E-state index in [1.165, 1.54) is 0 Å². The third-order valence-electron chi connectivity index (χ3n) is 2.29. The minimum Gasteiger partial charge on any atom is -0.480 e. The summed E-state index contributed by atoms with van der Waals surface area (Å²) in [5.41, 5.74) is 3.19. The fourth-order valence-corrected chi connectivity index (χ4v) is 1.51. The number of halogens is 1. The van der Waals surface area contributed by atoms with Crippen molar-refractivity contribution in [2.75, 3.05) is 13.1 Å². The van der Waals surface area contributed by atoms with Crippen molar-refractivity contribution in [1.29, 1.82) is 0 Å². The van der Waals surface area contributed by atoms with Gasteiger partial charge in [-0.25, -0.2) is 14.0 Å². The maximum Gasteiger partial charge on any atom is 0.408 e. The minimum atomic E-state index is -1.92. The molecular formula is C7H11FN2O4. The molecule has 6 nitrogen and oxygen atoms in total. The van der Waals surface area contributed by atoms with Gasteiger partial charge in [-0.3, -0.25) is 4.90 Å². The summed E-state index contributed by atoms with van der Waals surface area (Å²) < 4.78 is 13.6. The number of hydrogen-bond donors (Lipinski definition) is 3. The van der Waals surface area contributed by atoms with Crippen molar-refractivity contribution < 1.29 is 24.2 Å². The smallest absolute Gasteiger partial charge is 0.408 e.